The largest absolute Gasteiger partial charge is 0.346 e. The summed E-state index contributed by atoms with van der Waals surface area (Å²) in [7, 11) is 0. The molecular formula is C13H19N3O4S. The minimum absolute atomic E-state index is 0.0788. The van der Waals surface area contributed by atoms with Crippen molar-refractivity contribution in [3.05, 3.63) is 0 Å². The van der Waals surface area contributed by atoms with Gasteiger partial charge in [0.15, 0.2) is 0 Å². The summed E-state index contributed by atoms with van der Waals surface area (Å²) in [5.74, 6) is -1.47. The van der Waals surface area contributed by atoms with Crippen LogP contribution in [-0.4, -0.2) is 52.7 Å². The highest BCUT2D eigenvalue weighted by Crippen LogP contribution is 2.18. The first kappa shape index (κ1) is 15.8. The summed E-state index contributed by atoms with van der Waals surface area (Å²) in [6.07, 6.45) is 5.14. The van der Waals surface area contributed by atoms with Gasteiger partial charge in [-0.1, -0.05) is 31.0 Å². The molecule has 1 heterocycles. The molecule has 8 heteroatoms. The summed E-state index contributed by atoms with van der Waals surface area (Å²) in [5.41, 5.74) is 0. The van der Waals surface area contributed by atoms with E-state index in [2.05, 4.69) is 10.6 Å². The summed E-state index contributed by atoms with van der Waals surface area (Å²) >= 11 is 0.947. The van der Waals surface area contributed by atoms with Gasteiger partial charge in [-0.3, -0.25) is 24.1 Å². The molecule has 0 aromatic rings. The zero-order chi connectivity index (χ0) is 15.2. The third kappa shape index (κ3) is 4.45. The first-order valence-corrected chi connectivity index (χ1v) is 8.12. The molecule has 1 saturated heterocycles. The fourth-order valence-corrected chi connectivity index (χ4v) is 3.21. The number of hydrogen-bond donors (Lipinski definition) is 2. The van der Waals surface area contributed by atoms with Crippen LogP contribution in [0.5, 0.6) is 0 Å². The van der Waals surface area contributed by atoms with Crippen molar-refractivity contribution in [3.8, 4) is 0 Å². The molecule has 0 spiro atoms. The maximum atomic E-state index is 11.7. The molecule has 0 radical (unpaired) electrons. The van der Waals surface area contributed by atoms with E-state index in [0.29, 0.717) is 0 Å². The van der Waals surface area contributed by atoms with Crippen LogP contribution in [0.4, 0.5) is 4.79 Å². The average Bonchev–Trinajstić information content (AvgIpc) is 2.80. The third-order valence-electron chi connectivity index (χ3n) is 3.61. The van der Waals surface area contributed by atoms with E-state index >= 15 is 0 Å². The molecule has 21 heavy (non-hydrogen) atoms. The second-order valence-electron chi connectivity index (χ2n) is 5.16. The summed E-state index contributed by atoms with van der Waals surface area (Å²) in [4.78, 5) is 47.1. The van der Waals surface area contributed by atoms with E-state index in [9.17, 15) is 19.2 Å². The van der Waals surface area contributed by atoms with Gasteiger partial charge < -0.3 is 10.6 Å². The zero-order valence-corrected chi connectivity index (χ0v) is 12.5. The van der Waals surface area contributed by atoms with Crippen molar-refractivity contribution in [1.82, 2.24) is 15.5 Å². The van der Waals surface area contributed by atoms with Crippen molar-refractivity contribution < 1.29 is 19.2 Å². The van der Waals surface area contributed by atoms with Gasteiger partial charge in [0.2, 0.25) is 5.91 Å². The van der Waals surface area contributed by atoms with E-state index in [-0.39, 0.29) is 36.0 Å². The molecule has 1 aliphatic carbocycles. The second-order valence-corrected chi connectivity index (χ2v) is 6.09. The molecule has 0 aromatic carbocycles. The molecule has 4 amide bonds. The van der Waals surface area contributed by atoms with Crippen LogP contribution in [0.15, 0.2) is 0 Å². The highest BCUT2D eigenvalue weighted by molar-refractivity contribution is 8.14. The summed E-state index contributed by atoms with van der Waals surface area (Å²) < 4.78 is 0. The van der Waals surface area contributed by atoms with Crippen LogP contribution in [0.2, 0.25) is 0 Å². The predicted molar refractivity (Wildman–Crippen MR) is 77.6 cm³/mol. The SMILES string of the molecule is O=C(NCCN1C(=O)CSC1=O)C(=O)NC1CCCCC1. The van der Waals surface area contributed by atoms with E-state index in [1.165, 1.54) is 6.42 Å². The fourth-order valence-electron chi connectivity index (χ4n) is 2.46. The molecule has 2 N–H and O–H groups in total. The van der Waals surface area contributed by atoms with Gasteiger partial charge in [0.1, 0.15) is 0 Å². The Hall–Kier alpha value is -1.57. The van der Waals surface area contributed by atoms with Crippen molar-refractivity contribution in [1.29, 1.82) is 0 Å². The molecule has 1 aliphatic heterocycles. The molecule has 2 fully saturated rings. The van der Waals surface area contributed by atoms with E-state index in [1.807, 2.05) is 0 Å². The summed E-state index contributed by atoms with van der Waals surface area (Å²) in [6.45, 7) is 0.197. The Morgan fingerprint density at radius 3 is 2.48 bits per heavy atom. The topological polar surface area (TPSA) is 95.6 Å². The normalized spacial score (nSPS) is 19.7. The van der Waals surface area contributed by atoms with Gasteiger partial charge in [-0.15, -0.1) is 0 Å². The number of thioether (sulfide) groups is 1. The van der Waals surface area contributed by atoms with Crippen molar-refractivity contribution in [2.75, 3.05) is 18.8 Å². The van der Waals surface area contributed by atoms with Crippen molar-refractivity contribution in [3.63, 3.8) is 0 Å². The van der Waals surface area contributed by atoms with Crippen molar-refractivity contribution >= 4 is 34.7 Å². The predicted octanol–water partition coefficient (Wildman–Crippen LogP) is 0.247. The Morgan fingerprint density at radius 1 is 1.14 bits per heavy atom. The van der Waals surface area contributed by atoms with E-state index < -0.39 is 11.8 Å². The quantitative estimate of drug-likeness (QED) is 0.725. The van der Waals surface area contributed by atoms with Gasteiger partial charge in [-0.25, -0.2) is 0 Å². The third-order valence-corrected chi connectivity index (χ3v) is 4.47. The first-order valence-electron chi connectivity index (χ1n) is 7.14. The van der Waals surface area contributed by atoms with Crippen LogP contribution in [0.25, 0.3) is 0 Å². The number of carbonyl (C=O) groups excluding carboxylic acids is 4. The Bertz CT molecular complexity index is 433. The smallest absolute Gasteiger partial charge is 0.309 e. The van der Waals surface area contributed by atoms with Crippen LogP contribution in [0.3, 0.4) is 0 Å². The van der Waals surface area contributed by atoms with Crippen LogP contribution in [-0.2, 0) is 14.4 Å². The molecule has 0 aromatic heterocycles. The zero-order valence-electron chi connectivity index (χ0n) is 11.7. The molecule has 2 aliphatic rings. The van der Waals surface area contributed by atoms with Crippen LogP contribution < -0.4 is 10.6 Å². The first-order chi connectivity index (χ1) is 10.1. The maximum Gasteiger partial charge on any atom is 0.309 e. The molecule has 0 atom stereocenters. The molecule has 1 saturated carbocycles. The number of nitrogens with zero attached hydrogens (tertiary/aromatic N) is 1. The summed E-state index contributed by atoms with van der Waals surface area (Å²) in [5, 5.41) is 4.84. The molecule has 0 bridgehead atoms. The summed E-state index contributed by atoms with van der Waals surface area (Å²) in [6, 6.07) is 0.0788. The van der Waals surface area contributed by atoms with Gasteiger partial charge >= 0.3 is 11.8 Å². The van der Waals surface area contributed by atoms with E-state index in [0.717, 1.165) is 42.3 Å². The lowest BCUT2D eigenvalue weighted by Gasteiger charge is -2.22. The lowest BCUT2D eigenvalue weighted by atomic mass is 9.95. The Morgan fingerprint density at radius 2 is 1.86 bits per heavy atom. The Balaban J connectivity index is 1.67. The lowest BCUT2D eigenvalue weighted by molar-refractivity contribution is -0.139. The fraction of sp³-hybridized carbons (Fsp3) is 0.692. The molecule has 0 unspecified atom stereocenters. The molecule has 116 valence electrons. The highest BCUT2D eigenvalue weighted by Gasteiger charge is 2.29. The molecule has 7 nitrogen and oxygen atoms in total. The number of rotatable bonds is 4. The van der Waals surface area contributed by atoms with Crippen LogP contribution >= 0.6 is 11.8 Å². The van der Waals surface area contributed by atoms with Crippen LogP contribution in [0.1, 0.15) is 32.1 Å². The maximum absolute atomic E-state index is 11.7. The van der Waals surface area contributed by atoms with E-state index in [1.54, 1.807) is 0 Å². The van der Waals surface area contributed by atoms with Gasteiger partial charge in [-0.05, 0) is 12.8 Å². The monoisotopic (exact) mass is 313 g/mol. The number of carbonyl (C=O) groups is 4. The van der Waals surface area contributed by atoms with Gasteiger partial charge in [0, 0.05) is 19.1 Å². The lowest BCUT2D eigenvalue weighted by Crippen LogP contribution is -2.47. The molecule has 2 rings (SSSR count). The number of imide groups is 1. The highest BCUT2D eigenvalue weighted by atomic mass is 32.2. The standard InChI is InChI=1S/C13H19N3O4S/c17-10-8-21-13(20)16(10)7-6-14-11(18)12(19)15-9-4-2-1-3-5-9/h9H,1-8H2,(H,14,18)(H,15,19). The second kappa shape index (κ2) is 7.44. The van der Waals surface area contributed by atoms with E-state index in [4.69, 9.17) is 0 Å². The minimum Gasteiger partial charge on any atom is -0.346 e. The van der Waals surface area contributed by atoms with Crippen LogP contribution in [0, 0.1) is 0 Å². The van der Waals surface area contributed by atoms with Gasteiger partial charge in [0.25, 0.3) is 5.24 Å². The molecular weight excluding hydrogens is 294 g/mol. The number of nitrogens with one attached hydrogen (secondary N) is 2. The Labute approximate surface area is 127 Å². The van der Waals surface area contributed by atoms with Crippen molar-refractivity contribution in [2.24, 2.45) is 0 Å². The van der Waals surface area contributed by atoms with Gasteiger partial charge in [0.05, 0.1) is 5.75 Å². The number of hydrogen-bond acceptors (Lipinski definition) is 5. The minimum atomic E-state index is -0.715. The Kier molecular flexibility index (Phi) is 5.60. The van der Waals surface area contributed by atoms with Gasteiger partial charge in [-0.2, -0.15) is 0 Å². The number of amides is 4. The van der Waals surface area contributed by atoms with Crippen molar-refractivity contribution in [2.45, 2.75) is 38.1 Å². The average molecular weight is 313 g/mol.